The molecule has 1 spiro atoms. The Hall–Kier alpha value is -4.92. The maximum Gasteiger partial charge on any atom is 0.204 e. The van der Waals surface area contributed by atoms with Crippen LogP contribution in [-0.2, 0) is 5.41 Å². The van der Waals surface area contributed by atoms with Gasteiger partial charge in [-0.1, -0.05) is 30.3 Å². The molecule has 0 atom stereocenters. The van der Waals surface area contributed by atoms with Gasteiger partial charge in [0.2, 0.25) is 23.0 Å². The van der Waals surface area contributed by atoms with E-state index in [1.165, 1.54) is 0 Å². The Morgan fingerprint density at radius 1 is 0.500 bits per heavy atom. The van der Waals surface area contributed by atoms with Gasteiger partial charge in [-0.05, 0) is 34.4 Å². The van der Waals surface area contributed by atoms with Gasteiger partial charge < -0.3 is 46.6 Å². The summed E-state index contributed by atoms with van der Waals surface area (Å²) >= 11 is 0. The van der Waals surface area contributed by atoms with Crippen LogP contribution in [0, 0.1) is 0 Å². The molecule has 0 aromatic heterocycles. The van der Waals surface area contributed by atoms with E-state index in [2.05, 4.69) is 0 Å². The number of phenols is 8. The second-order valence-electron chi connectivity index (χ2n) is 8.39. The van der Waals surface area contributed by atoms with Gasteiger partial charge in [0.25, 0.3) is 0 Å². The number of phenolic OH excluding ortho intramolecular Hbond substituents is 8. The van der Waals surface area contributed by atoms with Gasteiger partial charge in [-0.15, -0.1) is 0 Å². The quantitative estimate of drug-likeness (QED) is 0.0933. The lowest BCUT2D eigenvalue weighted by Crippen LogP contribution is -2.26. The van der Waals surface area contributed by atoms with E-state index in [-0.39, 0.29) is 22.3 Å². The summed E-state index contributed by atoms with van der Waals surface area (Å²) in [6.07, 6.45) is 0. The Bertz CT molecular complexity index is 1540. The van der Waals surface area contributed by atoms with Gasteiger partial charge in [-0.3, -0.25) is 0 Å². The fourth-order valence-electron chi connectivity index (χ4n) is 5.57. The summed E-state index contributed by atoms with van der Waals surface area (Å²) in [5.74, 6) is -7.64. The molecule has 0 unspecified atom stereocenters. The Balaban J connectivity index is 1.99. The molecule has 0 saturated heterocycles. The van der Waals surface area contributed by atoms with Crippen molar-refractivity contribution in [1.29, 1.82) is 0 Å². The van der Waals surface area contributed by atoms with Gasteiger partial charge in [-0.25, -0.2) is 0 Å². The van der Waals surface area contributed by atoms with Gasteiger partial charge in [0.05, 0.1) is 5.41 Å². The van der Waals surface area contributed by atoms with E-state index in [1.54, 1.807) is 42.5 Å². The number of nitrogen functional groups attached to an aromatic ring is 1. The molecule has 0 aliphatic heterocycles. The van der Waals surface area contributed by atoms with Gasteiger partial charge >= 0.3 is 0 Å². The molecule has 0 fully saturated rings. The lowest BCUT2D eigenvalue weighted by molar-refractivity contribution is 0.342. The minimum atomic E-state index is -1.70. The van der Waals surface area contributed by atoms with Crippen LogP contribution in [-0.4, -0.2) is 40.9 Å². The van der Waals surface area contributed by atoms with Crippen LogP contribution in [0.15, 0.2) is 42.5 Å². The summed E-state index contributed by atoms with van der Waals surface area (Å²) in [5.41, 5.74) is 5.86. The van der Waals surface area contributed by atoms with Crippen molar-refractivity contribution in [3.05, 3.63) is 64.7 Å². The number of aromatic hydroxyl groups is 8. The van der Waals surface area contributed by atoms with Crippen molar-refractivity contribution >= 4 is 5.69 Å². The summed E-state index contributed by atoms with van der Waals surface area (Å²) in [6.45, 7) is 0. The van der Waals surface area contributed by atoms with Gasteiger partial charge in [0, 0.05) is 27.9 Å². The van der Waals surface area contributed by atoms with Gasteiger partial charge in [0.15, 0.2) is 23.0 Å². The number of hydrogen-bond donors (Lipinski definition) is 9. The van der Waals surface area contributed by atoms with Crippen LogP contribution < -0.4 is 5.73 Å². The van der Waals surface area contributed by atoms with Gasteiger partial charge in [-0.2, -0.15) is 0 Å². The smallest absolute Gasteiger partial charge is 0.204 e. The molecule has 2 aliphatic carbocycles. The van der Waals surface area contributed by atoms with E-state index < -0.39 is 51.4 Å². The SMILES string of the molecule is Nc1ccc2c(c1)C1(c3ccccc3-2)c2c(O)c(O)c(O)c(O)c2-c2c(O)c(O)c(O)c(O)c21. The summed E-state index contributed by atoms with van der Waals surface area (Å²) in [5, 5.41) is 85.5. The first-order valence-corrected chi connectivity index (χ1v) is 10.1. The normalized spacial score (nSPS) is 14.0. The summed E-state index contributed by atoms with van der Waals surface area (Å²) < 4.78 is 0. The molecule has 170 valence electrons. The fraction of sp³-hybridized carbons (Fsp3) is 0.0400. The van der Waals surface area contributed by atoms with E-state index in [0.717, 1.165) is 0 Å². The van der Waals surface area contributed by atoms with Crippen molar-refractivity contribution in [3.63, 3.8) is 0 Å². The van der Waals surface area contributed by atoms with Crippen LogP contribution in [0.3, 0.4) is 0 Å². The van der Waals surface area contributed by atoms with Gasteiger partial charge in [0.1, 0.15) is 0 Å². The van der Waals surface area contributed by atoms with E-state index in [4.69, 9.17) is 5.73 Å². The number of hydrogen-bond acceptors (Lipinski definition) is 9. The molecule has 4 aromatic carbocycles. The number of nitrogens with two attached hydrogens (primary N) is 1. The maximum absolute atomic E-state index is 11.1. The zero-order valence-electron chi connectivity index (χ0n) is 17.2. The number of benzene rings is 4. The Morgan fingerprint density at radius 3 is 1.53 bits per heavy atom. The average Bonchev–Trinajstić information content (AvgIpc) is 3.30. The topological polar surface area (TPSA) is 188 Å². The van der Waals surface area contributed by atoms with Crippen molar-refractivity contribution in [3.8, 4) is 68.2 Å². The summed E-state index contributed by atoms with van der Waals surface area (Å²) in [6, 6.07) is 11.9. The highest BCUT2D eigenvalue weighted by Crippen LogP contribution is 2.73. The highest BCUT2D eigenvalue weighted by molar-refractivity contribution is 6.04. The highest BCUT2D eigenvalue weighted by atomic mass is 16.4. The van der Waals surface area contributed by atoms with E-state index in [0.29, 0.717) is 27.9 Å². The third-order valence-electron chi connectivity index (χ3n) is 6.86. The first-order chi connectivity index (χ1) is 16.1. The Kier molecular flexibility index (Phi) is 3.43. The largest absolute Gasteiger partial charge is 0.504 e. The molecular weight excluding hydrogens is 442 g/mol. The zero-order valence-corrected chi connectivity index (χ0v) is 17.2. The van der Waals surface area contributed by atoms with Crippen molar-refractivity contribution < 1.29 is 40.9 Å². The lowest BCUT2D eigenvalue weighted by atomic mass is 9.69. The molecule has 34 heavy (non-hydrogen) atoms. The van der Waals surface area contributed by atoms with Crippen LogP contribution in [0.4, 0.5) is 5.69 Å². The number of anilines is 1. The van der Waals surface area contributed by atoms with E-state index in [1.807, 2.05) is 0 Å². The molecule has 9 heteroatoms. The number of rotatable bonds is 0. The zero-order chi connectivity index (χ0) is 24.3. The van der Waals surface area contributed by atoms with Crippen LogP contribution in [0.1, 0.15) is 22.3 Å². The molecule has 0 bridgehead atoms. The second kappa shape index (κ2) is 5.90. The Labute approximate surface area is 191 Å². The van der Waals surface area contributed by atoms with Crippen LogP contribution in [0.25, 0.3) is 22.3 Å². The predicted octanol–water partition coefficient (Wildman–Crippen LogP) is 3.26. The molecule has 0 amide bonds. The fourth-order valence-corrected chi connectivity index (χ4v) is 5.57. The molecule has 0 saturated carbocycles. The van der Waals surface area contributed by atoms with Crippen molar-refractivity contribution in [2.24, 2.45) is 0 Å². The van der Waals surface area contributed by atoms with Crippen LogP contribution >= 0.6 is 0 Å². The third kappa shape index (κ3) is 1.88. The molecule has 0 radical (unpaired) electrons. The van der Waals surface area contributed by atoms with Crippen molar-refractivity contribution in [2.45, 2.75) is 5.41 Å². The molecule has 10 N–H and O–H groups in total. The van der Waals surface area contributed by atoms with Crippen molar-refractivity contribution in [1.82, 2.24) is 0 Å². The number of fused-ring (bicyclic) bond motifs is 10. The van der Waals surface area contributed by atoms with Crippen LogP contribution in [0.2, 0.25) is 0 Å². The third-order valence-corrected chi connectivity index (χ3v) is 6.86. The predicted molar refractivity (Wildman–Crippen MR) is 120 cm³/mol. The molecule has 6 rings (SSSR count). The Morgan fingerprint density at radius 2 is 0.971 bits per heavy atom. The first kappa shape index (κ1) is 19.7. The summed E-state index contributed by atoms with van der Waals surface area (Å²) in [7, 11) is 0. The maximum atomic E-state index is 11.1. The monoisotopic (exact) mass is 459 g/mol. The molecule has 2 aliphatic rings. The molecule has 0 heterocycles. The van der Waals surface area contributed by atoms with E-state index in [9.17, 15) is 40.9 Å². The highest BCUT2D eigenvalue weighted by Gasteiger charge is 2.58. The first-order valence-electron chi connectivity index (χ1n) is 10.1. The lowest BCUT2D eigenvalue weighted by Gasteiger charge is -2.31. The standard InChI is InChI=1S/C25H17NO8/c26-8-5-6-10-9-3-1-2-4-11(9)25(12(10)7-8)15-13(17(27)21(31)23(33)19(15)29)14-16(25)20(30)24(34)22(32)18(14)28/h1-7,27-34H,26H2. The molecular formula is C25H17NO8. The van der Waals surface area contributed by atoms with Crippen molar-refractivity contribution in [2.75, 3.05) is 5.73 Å². The summed E-state index contributed by atoms with van der Waals surface area (Å²) in [4.78, 5) is 0. The second-order valence-corrected chi connectivity index (χ2v) is 8.39. The molecule has 9 nitrogen and oxygen atoms in total. The van der Waals surface area contributed by atoms with Crippen LogP contribution in [0.5, 0.6) is 46.0 Å². The minimum absolute atomic E-state index is 0.178. The average molecular weight is 459 g/mol. The van der Waals surface area contributed by atoms with E-state index >= 15 is 0 Å². The minimum Gasteiger partial charge on any atom is -0.504 e. The molecule has 4 aromatic rings.